The topological polar surface area (TPSA) is 122 Å². The summed E-state index contributed by atoms with van der Waals surface area (Å²) in [4.78, 5) is 43.4. The predicted octanol–water partition coefficient (Wildman–Crippen LogP) is 10.9. The number of carbonyl (C=O) groups excluding carboxylic acids is 2. The molecule has 0 spiro atoms. The van der Waals surface area contributed by atoms with Crippen LogP contribution in [0.1, 0.15) is 109 Å². The maximum atomic E-state index is 14.9. The van der Waals surface area contributed by atoms with E-state index in [1.54, 1.807) is 19.2 Å². The smallest absolute Gasteiger partial charge is 0.339 e. The van der Waals surface area contributed by atoms with Crippen LogP contribution >= 0.6 is 0 Å². The van der Waals surface area contributed by atoms with Crippen LogP contribution in [0, 0.1) is 5.92 Å². The molecule has 0 saturated heterocycles. The Balaban J connectivity index is 1.20. The van der Waals surface area contributed by atoms with Gasteiger partial charge in [-0.25, -0.2) is 9.59 Å². The molecule has 0 amide bonds. The fourth-order valence-electron chi connectivity index (χ4n) is 9.92. The summed E-state index contributed by atoms with van der Waals surface area (Å²) < 4.78 is 31.9. The highest BCUT2D eigenvalue weighted by Crippen LogP contribution is 2.49. The van der Waals surface area contributed by atoms with E-state index in [1.807, 2.05) is 45.0 Å². The molecule has 1 N–H and O–H groups in total. The number of aliphatic hydroxyl groups excluding tert-OH is 1. The van der Waals surface area contributed by atoms with Crippen LogP contribution in [0.3, 0.4) is 0 Å². The number of aliphatic hydroxyl groups is 1. The molecule has 67 heavy (non-hydrogen) atoms. The lowest BCUT2D eigenvalue weighted by molar-refractivity contribution is -0.192. The molecular weight excluding hydrogens is 841 g/mol. The molecule has 1 aromatic heterocycles. The van der Waals surface area contributed by atoms with E-state index in [-0.39, 0.29) is 36.5 Å². The Morgan fingerprint density at radius 2 is 1.43 bits per heavy atom. The maximum absolute atomic E-state index is 14.9. The monoisotopic (exact) mass is 902 g/mol. The number of rotatable bonds is 13. The first-order valence-electron chi connectivity index (χ1n) is 23.7. The van der Waals surface area contributed by atoms with Crippen LogP contribution < -0.4 is 10.4 Å². The molecule has 6 aromatic rings. The third kappa shape index (κ3) is 11.3. The second kappa shape index (κ2) is 21.6. The molecule has 3 aliphatic rings. The van der Waals surface area contributed by atoms with Gasteiger partial charge < -0.3 is 28.5 Å². The summed E-state index contributed by atoms with van der Waals surface area (Å²) in [6.45, 7) is 5.51. The summed E-state index contributed by atoms with van der Waals surface area (Å²) in [6, 6.07) is 41.3. The van der Waals surface area contributed by atoms with E-state index in [0.29, 0.717) is 59.9 Å². The second-order valence-electron chi connectivity index (χ2n) is 18.7. The molecule has 9 nitrogen and oxygen atoms in total. The molecule has 3 aliphatic heterocycles. The van der Waals surface area contributed by atoms with E-state index < -0.39 is 42.0 Å². The molecule has 0 fully saturated rings. The Bertz CT molecular complexity index is 2750. The molecule has 5 aromatic carbocycles. The van der Waals surface area contributed by atoms with Crippen molar-refractivity contribution in [3.63, 3.8) is 0 Å². The minimum atomic E-state index is -1.23. The number of fused-ring (bicyclic) bond motifs is 13. The van der Waals surface area contributed by atoms with Gasteiger partial charge in [-0.3, -0.25) is 4.79 Å². The first-order chi connectivity index (χ1) is 32.5. The maximum Gasteiger partial charge on any atom is 0.339 e. The quantitative estimate of drug-likeness (QED) is 0.0686. The summed E-state index contributed by atoms with van der Waals surface area (Å²) in [5, 5.41) is 11.2. The first kappa shape index (κ1) is 47.2. The minimum absolute atomic E-state index is 0.0839. The summed E-state index contributed by atoms with van der Waals surface area (Å²) in [5.74, 6) is -0.755. The van der Waals surface area contributed by atoms with Crippen molar-refractivity contribution in [2.24, 2.45) is 5.92 Å². The average molecular weight is 903 g/mol. The number of ether oxygens (including phenoxy) is 4. The Morgan fingerprint density at radius 3 is 2.15 bits per heavy atom. The van der Waals surface area contributed by atoms with Crippen molar-refractivity contribution in [3.8, 4) is 5.75 Å². The van der Waals surface area contributed by atoms with Gasteiger partial charge in [-0.15, -0.1) is 0 Å². The van der Waals surface area contributed by atoms with Crippen LogP contribution in [-0.2, 0) is 68.9 Å². The van der Waals surface area contributed by atoms with E-state index in [9.17, 15) is 19.5 Å². The van der Waals surface area contributed by atoms with Gasteiger partial charge in [-0.1, -0.05) is 115 Å². The van der Waals surface area contributed by atoms with Gasteiger partial charge in [-0.05, 0) is 136 Å². The fourth-order valence-corrected chi connectivity index (χ4v) is 9.92. The van der Waals surface area contributed by atoms with Crippen molar-refractivity contribution < 1.29 is 38.1 Å². The molecule has 9 rings (SSSR count). The summed E-state index contributed by atoms with van der Waals surface area (Å²) >= 11 is 0. The number of methoxy groups -OCH3 is 1. The van der Waals surface area contributed by atoms with Crippen molar-refractivity contribution in [2.45, 2.75) is 116 Å². The lowest BCUT2D eigenvalue weighted by Gasteiger charge is -2.45. The van der Waals surface area contributed by atoms with Crippen molar-refractivity contribution in [1.29, 1.82) is 0 Å². The third-order valence-corrected chi connectivity index (χ3v) is 13.6. The Labute approximate surface area is 393 Å². The van der Waals surface area contributed by atoms with E-state index in [4.69, 9.17) is 23.4 Å². The lowest BCUT2D eigenvalue weighted by atomic mass is 9.81. The molecule has 0 aliphatic carbocycles. The molecule has 9 heteroatoms. The van der Waals surface area contributed by atoms with E-state index in [0.717, 1.165) is 47.9 Å². The third-order valence-electron chi connectivity index (χ3n) is 13.6. The molecule has 0 unspecified atom stereocenters. The van der Waals surface area contributed by atoms with Gasteiger partial charge in [0.2, 0.25) is 0 Å². The molecular formula is C58H62O9. The summed E-state index contributed by atoms with van der Waals surface area (Å²) in [6.07, 6.45) is 3.80. The minimum Gasteiger partial charge on any atom is -0.483 e. The molecule has 0 saturated carbocycles. The predicted molar refractivity (Wildman–Crippen MR) is 260 cm³/mol. The van der Waals surface area contributed by atoms with Crippen LogP contribution in [0.5, 0.6) is 5.75 Å². The zero-order chi connectivity index (χ0) is 46.9. The number of aryl methyl sites for hydroxylation is 3. The van der Waals surface area contributed by atoms with Crippen LogP contribution in [0.2, 0.25) is 0 Å². The van der Waals surface area contributed by atoms with Crippen LogP contribution in [0.15, 0.2) is 142 Å². The van der Waals surface area contributed by atoms with Gasteiger partial charge in [0.05, 0.1) is 18.8 Å². The van der Waals surface area contributed by atoms with Crippen molar-refractivity contribution in [3.05, 3.63) is 193 Å². The number of carbonyl (C=O) groups is 2. The Morgan fingerprint density at radius 1 is 0.731 bits per heavy atom. The van der Waals surface area contributed by atoms with Gasteiger partial charge in [0, 0.05) is 36.5 Å². The summed E-state index contributed by atoms with van der Waals surface area (Å²) in [7, 11) is 1.55. The second-order valence-corrected chi connectivity index (χ2v) is 18.7. The van der Waals surface area contributed by atoms with Gasteiger partial charge in [0.15, 0.2) is 12.2 Å². The molecule has 2 bridgehead atoms. The number of allylic oxidation sites excluding steroid dienone is 1. The Kier molecular flexibility index (Phi) is 15.2. The van der Waals surface area contributed by atoms with Gasteiger partial charge in [-0.2, -0.15) is 0 Å². The number of hydrogen-bond donors (Lipinski definition) is 1. The molecule has 0 radical (unpaired) electrons. The average Bonchev–Trinajstić information content (AvgIpc) is 3.32. The standard InChI is InChI=1S/C58H62O9/c1-38(2)46-27-26-40-20-22-43(23-21-40)35-45(25-24-42-17-11-18-44(34-42)33-41-15-9-6-10-16-41)36-51(60)64-54-52-50(29-28-47-49(37-59)48(30-32-63-4)57(62)65-53(47)52)67-58(3,55(54)66-56(46)61)31-12-19-39-13-7-5-8-14-39/h5-11,13-18,20-23,28-29,34,45,54-55,59H,12,19,24-27,30-33,35-37H2,1-4H3/t45-,54-,55+,58+/m1/s1. The largest absolute Gasteiger partial charge is 0.483 e. The first-order valence-corrected chi connectivity index (χ1v) is 23.7. The molecule has 348 valence electrons. The highest BCUT2D eigenvalue weighted by molar-refractivity contribution is 5.90. The fraction of sp³-hybridized carbons (Fsp3) is 0.362. The molecule has 4 heterocycles. The van der Waals surface area contributed by atoms with Crippen LogP contribution in [0.4, 0.5) is 0 Å². The highest BCUT2D eigenvalue weighted by atomic mass is 16.6. The van der Waals surface area contributed by atoms with Gasteiger partial charge in [0.25, 0.3) is 0 Å². The van der Waals surface area contributed by atoms with Crippen molar-refractivity contribution in [1.82, 2.24) is 0 Å². The zero-order valence-electron chi connectivity index (χ0n) is 39.2. The van der Waals surface area contributed by atoms with Gasteiger partial charge >= 0.3 is 17.6 Å². The Hall–Kier alpha value is -6.29. The van der Waals surface area contributed by atoms with Gasteiger partial charge in [0.1, 0.15) is 16.9 Å². The van der Waals surface area contributed by atoms with E-state index >= 15 is 0 Å². The number of hydrogen-bond acceptors (Lipinski definition) is 9. The highest BCUT2D eigenvalue weighted by Gasteiger charge is 2.53. The van der Waals surface area contributed by atoms with E-state index in [1.165, 1.54) is 16.7 Å². The van der Waals surface area contributed by atoms with Crippen LogP contribution in [0.25, 0.3) is 11.0 Å². The zero-order valence-corrected chi connectivity index (χ0v) is 39.2. The van der Waals surface area contributed by atoms with Crippen molar-refractivity contribution >= 4 is 22.9 Å². The van der Waals surface area contributed by atoms with E-state index in [2.05, 4.69) is 84.9 Å². The van der Waals surface area contributed by atoms with Crippen LogP contribution in [-0.4, -0.2) is 42.5 Å². The molecule has 4 atom stereocenters. The van der Waals surface area contributed by atoms with Crippen molar-refractivity contribution in [2.75, 3.05) is 13.7 Å². The lowest BCUT2D eigenvalue weighted by Crippen LogP contribution is -2.54. The summed E-state index contributed by atoms with van der Waals surface area (Å²) in [5.41, 5.74) is 7.64. The normalized spacial score (nSPS) is 19.8. The number of esters is 2. The SMILES string of the molecule is COCCc1c(CO)c2ccc3c(c2oc1=O)[C@H]1OC(=O)C[C@H](CCc2cccc(Cc4ccccc4)c2)Cc2ccc(cc2)CCC(=C(C)C)C(=O)O[C@@H]1[C@](C)(CCCc1ccccc1)O3. The number of benzene rings is 5.